The van der Waals surface area contributed by atoms with Gasteiger partial charge < -0.3 is 10.2 Å². The average Bonchev–Trinajstić information content (AvgIpc) is 2.65. The van der Waals surface area contributed by atoms with E-state index in [0.717, 1.165) is 0 Å². The van der Waals surface area contributed by atoms with Crippen molar-refractivity contribution in [3.8, 4) is 11.5 Å². The van der Waals surface area contributed by atoms with Crippen molar-refractivity contribution in [3.63, 3.8) is 0 Å². The predicted octanol–water partition coefficient (Wildman–Crippen LogP) is 4.18. The Morgan fingerprint density at radius 1 is 0.500 bits per heavy atom. The van der Waals surface area contributed by atoms with E-state index in [-0.39, 0.29) is 23.1 Å². The van der Waals surface area contributed by atoms with Gasteiger partial charge >= 0.3 is 0 Å². The first-order valence-electron chi connectivity index (χ1n) is 8.16. The Bertz CT molecular complexity index is 1180. The smallest absolute Gasteiger partial charge is 0.195 e. The first-order chi connectivity index (χ1) is 12.6. The Balaban J connectivity index is 1.91. The molecule has 1 aliphatic rings. The van der Waals surface area contributed by atoms with Gasteiger partial charge in [-0.2, -0.15) is 0 Å². The summed E-state index contributed by atoms with van der Waals surface area (Å²) in [6, 6.07) is 16.4. The van der Waals surface area contributed by atoms with Crippen molar-refractivity contribution in [3.05, 3.63) is 82.9 Å². The number of hydrogen-bond acceptors (Lipinski definition) is 4. The van der Waals surface area contributed by atoms with E-state index in [1.807, 2.05) is 0 Å². The maximum Gasteiger partial charge on any atom is 0.195 e. The van der Waals surface area contributed by atoms with Crippen LogP contribution in [0.15, 0.2) is 60.7 Å². The van der Waals surface area contributed by atoms with Crippen molar-refractivity contribution >= 4 is 33.1 Å². The van der Waals surface area contributed by atoms with Gasteiger partial charge in [-0.25, -0.2) is 0 Å². The molecule has 1 aliphatic carbocycles. The van der Waals surface area contributed by atoms with E-state index >= 15 is 0 Å². The monoisotopic (exact) mass is 340 g/mol. The Morgan fingerprint density at radius 2 is 0.923 bits per heavy atom. The second-order valence-corrected chi connectivity index (χ2v) is 6.38. The highest BCUT2D eigenvalue weighted by molar-refractivity contribution is 6.35. The molecule has 2 N–H and O–H groups in total. The van der Waals surface area contributed by atoms with Crippen LogP contribution in [0.25, 0.3) is 21.5 Å². The maximum atomic E-state index is 13.2. The van der Waals surface area contributed by atoms with Crippen LogP contribution < -0.4 is 0 Å². The lowest BCUT2D eigenvalue weighted by Gasteiger charge is -2.21. The molecule has 4 heteroatoms. The van der Waals surface area contributed by atoms with Crippen molar-refractivity contribution in [2.75, 3.05) is 0 Å². The van der Waals surface area contributed by atoms with Crippen molar-refractivity contribution in [1.29, 1.82) is 0 Å². The van der Waals surface area contributed by atoms with Gasteiger partial charge in [-0.3, -0.25) is 9.59 Å². The van der Waals surface area contributed by atoms with Crippen LogP contribution in [0.1, 0.15) is 31.8 Å². The number of ketones is 2. The van der Waals surface area contributed by atoms with E-state index < -0.39 is 0 Å². The zero-order valence-corrected chi connectivity index (χ0v) is 13.5. The van der Waals surface area contributed by atoms with Crippen LogP contribution in [0, 0.1) is 0 Å². The van der Waals surface area contributed by atoms with Crippen LogP contribution in [-0.4, -0.2) is 21.8 Å². The molecule has 0 aliphatic heterocycles. The van der Waals surface area contributed by atoms with Gasteiger partial charge in [0.05, 0.1) is 0 Å². The minimum absolute atomic E-state index is 0.0692. The van der Waals surface area contributed by atoms with E-state index in [9.17, 15) is 19.8 Å². The highest BCUT2D eigenvalue weighted by Crippen LogP contribution is 2.39. The van der Waals surface area contributed by atoms with Crippen LogP contribution in [0.5, 0.6) is 11.5 Å². The summed E-state index contributed by atoms with van der Waals surface area (Å²) in [7, 11) is 0. The Morgan fingerprint density at radius 3 is 1.35 bits per heavy atom. The average molecular weight is 340 g/mol. The number of aromatic hydroxyl groups is 2. The number of carbonyl (C=O) groups excluding carboxylic acids is 2. The first kappa shape index (κ1) is 14.7. The van der Waals surface area contributed by atoms with Crippen molar-refractivity contribution in [2.45, 2.75) is 0 Å². The minimum Gasteiger partial charge on any atom is -0.507 e. The van der Waals surface area contributed by atoms with Gasteiger partial charge in [0.1, 0.15) is 11.5 Å². The van der Waals surface area contributed by atoms with Gasteiger partial charge in [0.2, 0.25) is 0 Å². The molecular weight excluding hydrogens is 328 g/mol. The molecule has 5 rings (SSSR count). The SMILES string of the molecule is O=C1c2ccc3c(O)cccc3c2C(=O)c2ccc3c(O)cccc3c21. The van der Waals surface area contributed by atoms with E-state index in [1.165, 1.54) is 0 Å². The van der Waals surface area contributed by atoms with E-state index in [4.69, 9.17) is 0 Å². The van der Waals surface area contributed by atoms with Crippen LogP contribution in [0.2, 0.25) is 0 Å². The molecule has 0 bridgehead atoms. The molecule has 4 aromatic carbocycles. The quantitative estimate of drug-likeness (QED) is 0.443. The Hall–Kier alpha value is -3.66. The lowest BCUT2D eigenvalue weighted by atomic mass is 9.79. The molecule has 0 heterocycles. The van der Waals surface area contributed by atoms with E-state index in [0.29, 0.717) is 43.8 Å². The zero-order chi connectivity index (χ0) is 18.0. The number of fused-ring (bicyclic) bond motifs is 6. The van der Waals surface area contributed by atoms with Gasteiger partial charge in [-0.15, -0.1) is 0 Å². The van der Waals surface area contributed by atoms with Crippen molar-refractivity contribution in [1.82, 2.24) is 0 Å². The standard InChI is InChI=1S/C22H12O4/c23-17-5-1-3-13-11(17)7-9-15-19(13)21(25)16-10-8-12-14(20(16)22(15)26)4-2-6-18(12)24/h1-10,23-24H. The number of hydrogen-bond donors (Lipinski definition) is 2. The summed E-state index contributed by atoms with van der Waals surface area (Å²) in [5.41, 5.74) is 1.26. The molecule has 0 spiro atoms. The fraction of sp³-hybridized carbons (Fsp3) is 0. The predicted molar refractivity (Wildman–Crippen MR) is 98.1 cm³/mol. The topological polar surface area (TPSA) is 74.6 Å². The van der Waals surface area contributed by atoms with Crippen LogP contribution in [0.4, 0.5) is 0 Å². The Kier molecular flexibility index (Phi) is 2.78. The minimum atomic E-state index is -0.254. The fourth-order valence-electron chi connectivity index (χ4n) is 3.82. The molecule has 124 valence electrons. The highest BCUT2D eigenvalue weighted by Gasteiger charge is 2.33. The first-order valence-corrected chi connectivity index (χ1v) is 8.16. The van der Waals surface area contributed by atoms with Gasteiger partial charge in [0, 0.05) is 33.0 Å². The number of carbonyl (C=O) groups is 2. The van der Waals surface area contributed by atoms with Crippen LogP contribution in [-0.2, 0) is 0 Å². The Labute approximate surface area is 147 Å². The van der Waals surface area contributed by atoms with Gasteiger partial charge in [0.25, 0.3) is 0 Å². The number of benzene rings is 4. The van der Waals surface area contributed by atoms with E-state index in [1.54, 1.807) is 60.7 Å². The summed E-state index contributed by atoms with van der Waals surface area (Å²) in [5.74, 6) is -0.369. The van der Waals surface area contributed by atoms with Gasteiger partial charge in [-0.05, 0) is 47.2 Å². The number of phenols is 2. The second kappa shape index (κ2) is 4.92. The molecule has 0 aromatic heterocycles. The number of phenolic OH excluding ortho intramolecular Hbond substituents is 2. The molecule has 0 saturated carbocycles. The summed E-state index contributed by atoms with van der Waals surface area (Å²) in [6.45, 7) is 0. The van der Waals surface area contributed by atoms with Crippen molar-refractivity contribution in [2.24, 2.45) is 0 Å². The highest BCUT2D eigenvalue weighted by atomic mass is 16.3. The molecule has 26 heavy (non-hydrogen) atoms. The van der Waals surface area contributed by atoms with Gasteiger partial charge in [-0.1, -0.05) is 24.3 Å². The third-order valence-electron chi connectivity index (χ3n) is 5.02. The normalized spacial score (nSPS) is 13.1. The third kappa shape index (κ3) is 1.73. The fourth-order valence-corrected chi connectivity index (χ4v) is 3.82. The molecule has 0 amide bonds. The van der Waals surface area contributed by atoms with Gasteiger partial charge in [0.15, 0.2) is 11.6 Å². The molecule has 4 nitrogen and oxygen atoms in total. The molecular formula is C22H12O4. The summed E-state index contributed by atoms with van der Waals surface area (Å²) < 4.78 is 0. The zero-order valence-electron chi connectivity index (χ0n) is 13.5. The lowest BCUT2D eigenvalue weighted by Crippen LogP contribution is -2.21. The molecule has 0 unspecified atom stereocenters. The second-order valence-electron chi connectivity index (χ2n) is 6.38. The molecule has 0 saturated heterocycles. The molecule has 0 radical (unpaired) electrons. The third-order valence-corrected chi connectivity index (χ3v) is 5.02. The van der Waals surface area contributed by atoms with E-state index in [2.05, 4.69) is 0 Å². The summed E-state index contributed by atoms with van der Waals surface area (Å²) in [5, 5.41) is 22.3. The molecule has 0 atom stereocenters. The summed E-state index contributed by atoms with van der Waals surface area (Å²) >= 11 is 0. The molecule has 4 aromatic rings. The summed E-state index contributed by atoms with van der Waals surface area (Å²) in [6.07, 6.45) is 0. The summed E-state index contributed by atoms with van der Waals surface area (Å²) in [4.78, 5) is 26.4. The lowest BCUT2D eigenvalue weighted by molar-refractivity contribution is 0.0981. The largest absolute Gasteiger partial charge is 0.507 e. The maximum absolute atomic E-state index is 13.2. The van der Waals surface area contributed by atoms with Crippen molar-refractivity contribution < 1.29 is 19.8 Å². The molecule has 0 fully saturated rings. The van der Waals surface area contributed by atoms with Crippen LogP contribution >= 0.6 is 0 Å². The number of rotatable bonds is 0. The van der Waals surface area contributed by atoms with Crippen LogP contribution in [0.3, 0.4) is 0 Å².